The predicted octanol–water partition coefficient (Wildman–Crippen LogP) is 0.0310. The van der Waals surface area contributed by atoms with Crippen molar-refractivity contribution < 1.29 is 4.79 Å². The second-order valence-electron chi connectivity index (χ2n) is 5.65. The third kappa shape index (κ3) is 3.01. The lowest BCUT2D eigenvalue weighted by Gasteiger charge is -2.41. The first-order chi connectivity index (χ1) is 9.41. The Morgan fingerprint density at radius 2 is 2.05 bits per heavy atom. The zero-order valence-electron chi connectivity index (χ0n) is 12.1. The first-order valence-electron chi connectivity index (χ1n) is 6.90. The third-order valence-electron chi connectivity index (χ3n) is 3.85. The van der Waals surface area contributed by atoms with Crippen LogP contribution < -0.4 is 16.6 Å². The molecule has 1 aliphatic heterocycles. The summed E-state index contributed by atoms with van der Waals surface area (Å²) in [5.74, 6) is 0.0601. The van der Waals surface area contributed by atoms with Crippen LogP contribution >= 0.6 is 0 Å². The molecule has 6 heteroatoms. The Bertz CT molecular complexity index is 550. The summed E-state index contributed by atoms with van der Waals surface area (Å²) in [4.78, 5) is 25.7. The van der Waals surface area contributed by atoms with Crippen LogP contribution in [0.25, 0.3) is 0 Å². The lowest BCUT2D eigenvalue weighted by Crippen LogP contribution is -2.61. The van der Waals surface area contributed by atoms with E-state index in [-0.39, 0.29) is 11.5 Å². The van der Waals surface area contributed by atoms with Crippen molar-refractivity contribution in [3.8, 4) is 0 Å². The molecule has 0 radical (unpaired) electrons. The molecular formula is C14H22N4O2. The number of aryl methyl sites for hydroxylation is 1. The SMILES string of the molecule is CC1(C)C(=O)NCCN1CCCn1cc(N)ccc1=O. The highest BCUT2D eigenvalue weighted by Gasteiger charge is 2.36. The smallest absolute Gasteiger partial charge is 0.250 e. The first kappa shape index (κ1) is 14.6. The van der Waals surface area contributed by atoms with Crippen LogP contribution in [0.1, 0.15) is 20.3 Å². The average molecular weight is 278 g/mol. The number of aromatic nitrogens is 1. The summed E-state index contributed by atoms with van der Waals surface area (Å²) in [6.45, 7) is 6.76. The Labute approximate surface area is 118 Å². The predicted molar refractivity (Wildman–Crippen MR) is 78.4 cm³/mol. The number of pyridine rings is 1. The molecule has 1 saturated heterocycles. The number of hydrogen-bond donors (Lipinski definition) is 2. The summed E-state index contributed by atoms with van der Waals surface area (Å²) in [6.07, 6.45) is 2.47. The number of carbonyl (C=O) groups excluding carboxylic acids is 1. The number of amides is 1. The van der Waals surface area contributed by atoms with Crippen LogP contribution in [0.5, 0.6) is 0 Å². The van der Waals surface area contributed by atoms with Gasteiger partial charge < -0.3 is 15.6 Å². The van der Waals surface area contributed by atoms with Gasteiger partial charge >= 0.3 is 0 Å². The monoisotopic (exact) mass is 278 g/mol. The maximum atomic E-state index is 11.8. The van der Waals surface area contributed by atoms with Crippen molar-refractivity contribution in [2.75, 3.05) is 25.4 Å². The average Bonchev–Trinajstić information content (AvgIpc) is 2.39. The fourth-order valence-electron chi connectivity index (χ4n) is 2.49. The van der Waals surface area contributed by atoms with E-state index in [0.717, 1.165) is 19.5 Å². The second-order valence-corrected chi connectivity index (χ2v) is 5.65. The molecule has 1 fully saturated rings. The lowest BCUT2D eigenvalue weighted by molar-refractivity contribution is -0.135. The third-order valence-corrected chi connectivity index (χ3v) is 3.85. The van der Waals surface area contributed by atoms with Gasteiger partial charge in [0.2, 0.25) is 5.91 Å². The Morgan fingerprint density at radius 3 is 2.80 bits per heavy atom. The fourth-order valence-corrected chi connectivity index (χ4v) is 2.49. The molecule has 2 heterocycles. The number of piperazine rings is 1. The summed E-state index contributed by atoms with van der Waals surface area (Å²) >= 11 is 0. The number of nitrogens with one attached hydrogen (secondary N) is 1. The van der Waals surface area contributed by atoms with Gasteiger partial charge in [-0.25, -0.2) is 0 Å². The molecule has 0 bridgehead atoms. The zero-order chi connectivity index (χ0) is 14.8. The van der Waals surface area contributed by atoms with Gasteiger partial charge in [0, 0.05) is 44.1 Å². The molecule has 2 rings (SSSR count). The second kappa shape index (κ2) is 5.66. The van der Waals surface area contributed by atoms with E-state index in [2.05, 4.69) is 10.2 Å². The van der Waals surface area contributed by atoms with Crippen LogP contribution in [-0.4, -0.2) is 40.5 Å². The van der Waals surface area contributed by atoms with E-state index in [1.807, 2.05) is 13.8 Å². The summed E-state index contributed by atoms with van der Waals surface area (Å²) in [7, 11) is 0. The van der Waals surface area contributed by atoms with E-state index in [0.29, 0.717) is 18.8 Å². The van der Waals surface area contributed by atoms with Gasteiger partial charge in [0.1, 0.15) is 0 Å². The van der Waals surface area contributed by atoms with E-state index in [1.54, 1.807) is 16.8 Å². The Morgan fingerprint density at radius 1 is 1.30 bits per heavy atom. The van der Waals surface area contributed by atoms with Crippen LogP contribution in [0.3, 0.4) is 0 Å². The molecule has 0 aromatic carbocycles. The number of nitrogens with two attached hydrogens (primary N) is 1. The maximum absolute atomic E-state index is 11.8. The molecule has 1 amide bonds. The van der Waals surface area contributed by atoms with Crippen LogP contribution in [0.2, 0.25) is 0 Å². The van der Waals surface area contributed by atoms with Crippen molar-refractivity contribution in [3.63, 3.8) is 0 Å². The number of nitrogens with zero attached hydrogens (tertiary/aromatic N) is 2. The summed E-state index contributed by atoms with van der Waals surface area (Å²) in [6, 6.07) is 3.09. The molecule has 0 spiro atoms. The van der Waals surface area contributed by atoms with E-state index in [1.165, 1.54) is 6.07 Å². The van der Waals surface area contributed by atoms with Gasteiger partial charge in [0.05, 0.1) is 5.54 Å². The molecular weight excluding hydrogens is 256 g/mol. The molecule has 110 valence electrons. The first-order valence-corrected chi connectivity index (χ1v) is 6.90. The van der Waals surface area contributed by atoms with Gasteiger partial charge in [-0.05, 0) is 26.3 Å². The molecule has 1 aromatic rings. The Hall–Kier alpha value is -1.82. The van der Waals surface area contributed by atoms with Crippen molar-refractivity contribution >= 4 is 11.6 Å². The Kier molecular flexibility index (Phi) is 4.13. The number of rotatable bonds is 4. The molecule has 1 aromatic heterocycles. The molecule has 6 nitrogen and oxygen atoms in total. The minimum Gasteiger partial charge on any atom is -0.398 e. The Balaban J connectivity index is 1.94. The number of carbonyl (C=O) groups is 1. The molecule has 1 aliphatic rings. The largest absolute Gasteiger partial charge is 0.398 e. The normalized spacial score (nSPS) is 18.8. The van der Waals surface area contributed by atoms with Crippen LogP contribution in [-0.2, 0) is 11.3 Å². The van der Waals surface area contributed by atoms with Crippen LogP contribution in [0.4, 0.5) is 5.69 Å². The van der Waals surface area contributed by atoms with Crippen molar-refractivity contribution in [2.24, 2.45) is 0 Å². The molecule has 0 saturated carbocycles. The van der Waals surface area contributed by atoms with Gasteiger partial charge in [-0.2, -0.15) is 0 Å². The zero-order valence-corrected chi connectivity index (χ0v) is 12.1. The number of anilines is 1. The van der Waals surface area contributed by atoms with Gasteiger partial charge in [0.25, 0.3) is 5.56 Å². The van der Waals surface area contributed by atoms with Crippen molar-refractivity contribution in [3.05, 3.63) is 28.7 Å². The molecule has 0 unspecified atom stereocenters. The van der Waals surface area contributed by atoms with Crippen molar-refractivity contribution in [1.29, 1.82) is 0 Å². The summed E-state index contributed by atoms with van der Waals surface area (Å²) in [5.41, 5.74) is 5.73. The van der Waals surface area contributed by atoms with Crippen LogP contribution in [0, 0.1) is 0 Å². The minimum absolute atomic E-state index is 0.0464. The van der Waals surface area contributed by atoms with Gasteiger partial charge in [-0.15, -0.1) is 0 Å². The molecule has 0 aliphatic carbocycles. The van der Waals surface area contributed by atoms with Gasteiger partial charge in [-0.3, -0.25) is 14.5 Å². The molecule has 3 N–H and O–H groups in total. The van der Waals surface area contributed by atoms with Crippen molar-refractivity contribution in [1.82, 2.24) is 14.8 Å². The number of hydrogen-bond acceptors (Lipinski definition) is 4. The highest BCUT2D eigenvalue weighted by atomic mass is 16.2. The number of nitrogen functional groups attached to an aromatic ring is 1. The summed E-state index contributed by atoms with van der Waals surface area (Å²) in [5, 5.41) is 2.87. The van der Waals surface area contributed by atoms with Gasteiger partial charge in [0.15, 0.2) is 0 Å². The lowest BCUT2D eigenvalue weighted by atomic mass is 9.99. The van der Waals surface area contributed by atoms with E-state index < -0.39 is 5.54 Å². The van der Waals surface area contributed by atoms with E-state index in [9.17, 15) is 9.59 Å². The van der Waals surface area contributed by atoms with E-state index >= 15 is 0 Å². The standard InChI is InChI=1S/C14H22N4O2/c1-14(2)13(20)16-6-9-18(14)8-3-7-17-10-11(15)4-5-12(17)19/h4-5,10H,3,6-9,15H2,1-2H3,(H,16,20). The maximum Gasteiger partial charge on any atom is 0.250 e. The van der Waals surface area contributed by atoms with E-state index in [4.69, 9.17) is 5.73 Å². The molecule has 20 heavy (non-hydrogen) atoms. The molecule has 0 atom stereocenters. The fraction of sp³-hybridized carbons (Fsp3) is 0.571. The summed E-state index contributed by atoms with van der Waals surface area (Å²) < 4.78 is 1.62. The van der Waals surface area contributed by atoms with Crippen molar-refractivity contribution in [2.45, 2.75) is 32.4 Å². The minimum atomic E-state index is -0.487. The topological polar surface area (TPSA) is 80.4 Å². The van der Waals surface area contributed by atoms with Crippen LogP contribution in [0.15, 0.2) is 23.1 Å². The highest BCUT2D eigenvalue weighted by molar-refractivity contribution is 5.86. The van der Waals surface area contributed by atoms with Gasteiger partial charge in [-0.1, -0.05) is 0 Å². The highest BCUT2D eigenvalue weighted by Crippen LogP contribution is 2.17. The quantitative estimate of drug-likeness (QED) is 0.814.